The molecule has 84 valence electrons. The van der Waals surface area contributed by atoms with Crippen molar-refractivity contribution in [2.24, 2.45) is 5.73 Å². The van der Waals surface area contributed by atoms with Gasteiger partial charge in [-0.25, -0.2) is 0 Å². The Morgan fingerprint density at radius 1 is 1.44 bits per heavy atom. The van der Waals surface area contributed by atoms with Crippen molar-refractivity contribution in [3.05, 3.63) is 29.8 Å². The maximum Gasteiger partial charge on any atom is 1.00 e. The van der Waals surface area contributed by atoms with Crippen LogP contribution in [-0.2, 0) is 10.7 Å². The Balaban J connectivity index is 0. The topological polar surface area (TPSA) is 95.6 Å². The van der Waals surface area contributed by atoms with Crippen LogP contribution in [0.4, 0.5) is 5.69 Å². The van der Waals surface area contributed by atoms with E-state index in [0.717, 1.165) is 0 Å². The van der Waals surface area contributed by atoms with E-state index in [1.54, 1.807) is 24.3 Å². The number of thiocarbonyl (C=S) groups is 1. The molecule has 0 aliphatic rings. The normalized spacial score (nSPS) is 10.4. The van der Waals surface area contributed by atoms with Crippen molar-refractivity contribution in [3.8, 4) is 0 Å². The average molecular weight is 270 g/mol. The Labute approximate surface area is 122 Å². The fourth-order valence-electron chi connectivity index (χ4n) is 1.07. The van der Waals surface area contributed by atoms with Crippen LogP contribution >= 0.6 is 19.8 Å². The maximum atomic E-state index is 10.7. The zero-order valence-electron chi connectivity index (χ0n) is 9.75. The van der Waals surface area contributed by atoms with Gasteiger partial charge in [0, 0.05) is 5.69 Å². The van der Waals surface area contributed by atoms with Crippen molar-refractivity contribution in [2.75, 3.05) is 5.32 Å². The molecular formula is C8H12N2NaO3PS. The van der Waals surface area contributed by atoms with E-state index < -0.39 is 7.60 Å². The first-order valence-electron chi connectivity index (χ1n) is 4.07. The largest absolute Gasteiger partial charge is 1.00 e. The van der Waals surface area contributed by atoms with Crippen LogP contribution in [0.15, 0.2) is 24.3 Å². The molecule has 1 aromatic carbocycles. The second-order valence-corrected chi connectivity index (χ2v) is 5.09. The summed E-state index contributed by atoms with van der Waals surface area (Å²) in [5.74, 6) is 0. The summed E-state index contributed by atoms with van der Waals surface area (Å²) in [4.78, 5) is 17.5. The van der Waals surface area contributed by atoms with Crippen molar-refractivity contribution < 1.29 is 45.3 Å². The van der Waals surface area contributed by atoms with Crippen LogP contribution < -0.4 is 40.6 Å². The Morgan fingerprint density at radius 2 is 1.94 bits per heavy atom. The fraction of sp³-hybridized carbons (Fsp3) is 0.125. The second-order valence-electron chi connectivity index (χ2n) is 3.01. The predicted octanol–water partition coefficient (Wildman–Crippen LogP) is -1.86. The molecule has 0 atom stereocenters. The molecule has 0 bridgehead atoms. The quantitative estimate of drug-likeness (QED) is 0.292. The molecule has 16 heavy (non-hydrogen) atoms. The molecule has 5 nitrogen and oxygen atoms in total. The molecule has 1 rings (SSSR count). The second kappa shape index (κ2) is 6.71. The Hall–Kier alpha value is 0.0600. The molecule has 0 saturated heterocycles. The van der Waals surface area contributed by atoms with E-state index in [1.807, 2.05) is 0 Å². The monoisotopic (exact) mass is 270 g/mol. The molecule has 0 heterocycles. The van der Waals surface area contributed by atoms with Gasteiger partial charge < -0.3 is 22.3 Å². The number of rotatable bonds is 3. The standard InChI is InChI=1S/C8H11N2O3PS.Na.H/c9-8(15)10-7-3-1-6(2-4-7)5-14(11,12)13;;/h1-4H,5H2,(H3,9,10,15)(H2,11,12,13);;/q;+1;-1. The van der Waals surface area contributed by atoms with Crippen molar-refractivity contribution in [2.45, 2.75) is 6.16 Å². The number of anilines is 1. The summed E-state index contributed by atoms with van der Waals surface area (Å²) in [6.45, 7) is 0. The summed E-state index contributed by atoms with van der Waals surface area (Å²) in [7, 11) is -4.00. The summed E-state index contributed by atoms with van der Waals surface area (Å²) in [6, 6.07) is 6.54. The van der Waals surface area contributed by atoms with Crippen molar-refractivity contribution in [1.82, 2.24) is 0 Å². The van der Waals surface area contributed by atoms with E-state index >= 15 is 0 Å². The average Bonchev–Trinajstić information content (AvgIpc) is 2.05. The Kier molecular flexibility index (Phi) is 6.74. The van der Waals surface area contributed by atoms with Gasteiger partial charge in [0.1, 0.15) is 0 Å². The molecule has 8 heteroatoms. The molecule has 0 fully saturated rings. The van der Waals surface area contributed by atoms with Gasteiger partial charge in [-0.15, -0.1) is 0 Å². The summed E-state index contributed by atoms with van der Waals surface area (Å²) in [6.07, 6.45) is -0.264. The third kappa shape index (κ3) is 6.60. The number of hydrogen-bond acceptors (Lipinski definition) is 2. The van der Waals surface area contributed by atoms with Crippen molar-refractivity contribution in [1.29, 1.82) is 0 Å². The summed E-state index contributed by atoms with van der Waals surface area (Å²) < 4.78 is 10.7. The molecule has 0 spiro atoms. The third-order valence-corrected chi connectivity index (χ3v) is 2.49. The van der Waals surface area contributed by atoms with Gasteiger partial charge in [-0.05, 0) is 29.9 Å². The molecular weight excluding hydrogens is 258 g/mol. The summed E-state index contributed by atoms with van der Waals surface area (Å²) >= 11 is 4.64. The molecule has 0 aliphatic heterocycles. The van der Waals surface area contributed by atoms with Gasteiger partial charge in [-0.3, -0.25) is 4.57 Å². The third-order valence-electron chi connectivity index (χ3n) is 1.61. The number of benzene rings is 1. The molecule has 0 unspecified atom stereocenters. The first-order valence-corrected chi connectivity index (χ1v) is 6.27. The first-order chi connectivity index (χ1) is 6.87. The predicted molar refractivity (Wildman–Crippen MR) is 63.7 cm³/mol. The molecule has 5 N–H and O–H groups in total. The maximum absolute atomic E-state index is 10.7. The minimum atomic E-state index is -4.00. The van der Waals surface area contributed by atoms with Crippen molar-refractivity contribution in [3.63, 3.8) is 0 Å². The van der Waals surface area contributed by atoms with Crippen molar-refractivity contribution >= 4 is 30.6 Å². The zero-order valence-corrected chi connectivity index (χ0v) is 12.5. The minimum absolute atomic E-state index is 0. The van der Waals surface area contributed by atoms with Crippen LogP contribution in [0.3, 0.4) is 0 Å². The molecule has 1 aromatic rings. The van der Waals surface area contributed by atoms with Gasteiger partial charge in [0.2, 0.25) is 0 Å². The molecule has 0 amide bonds. The number of nitrogens with two attached hydrogens (primary N) is 1. The summed E-state index contributed by atoms with van der Waals surface area (Å²) in [5, 5.41) is 2.86. The van der Waals surface area contributed by atoms with Crippen LogP contribution in [0.1, 0.15) is 6.99 Å². The smallest absolute Gasteiger partial charge is 1.00 e. The molecule has 0 saturated carbocycles. The molecule has 0 radical (unpaired) electrons. The van der Waals surface area contributed by atoms with Crippen LogP contribution in [0.25, 0.3) is 0 Å². The van der Waals surface area contributed by atoms with E-state index in [4.69, 9.17) is 15.5 Å². The zero-order chi connectivity index (χ0) is 11.5. The SMILES string of the molecule is NC(=S)Nc1ccc(CP(=O)(O)O)cc1.[H-].[Na+]. The number of hydrogen-bond donors (Lipinski definition) is 4. The van der Waals surface area contributed by atoms with Gasteiger partial charge in [-0.1, -0.05) is 12.1 Å². The van der Waals surface area contributed by atoms with E-state index in [-0.39, 0.29) is 42.3 Å². The van der Waals surface area contributed by atoms with E-state index in [9.17, 15) is 4.57 Å². The van der Waals surface area contributed by atoms with E-state index in [1.165, 1.54) is 0 Å². The van der Waals surface area contributed by atoms with Crippen LogP contribution in [0, 0.1) is 0 Å². The van der Waals surface area contributed by atoms with Crippen LogP contribution in [-0.4, -0.2) is 14.9 Å². The number of nitrogens with one attached hydrogen (secondary N) is 1. The van der Waals surface area contributed by atoms with E-state index in [0.29, 0.717) is 11.3 Å². The fourth-order valence-corrected chi connectivity index (χ4v) is 1.88. The molecule has 0 aromatic heterocycles. The first kappa shape index (κ1) is 16.1. The van der Waals surface area contributed by atoms with Gasteiger partial charge in [0.05, 0.1) is 6.16 Å². The Morgan fingerprint density at radius 3 is 2.31 bits per heavy atom. The van der Waals surface area contributed by atoms with Gasteiger partial charge >= 0.3 is 37.2 Å². The van der Waals surface area contributed by atoms with Gasteiger partial charge in [-0.2, -0.15) is 0 Å². The van der Waals surface area contributed by atoms with E-state index in [2.05, 4.69) is 17.5 Å². The Bertz CT molecular complexity index is 412. The van der Waals surface area contributed by atoms with Gasteiger partial charge in [0.25, 0.3) is 0 Å². The van der Waals surface area contributed by atoms with Crippen LogP contribution in [0.2, 0.25) is 0 Å². The minimum Gasteiger partial charge on any atom is -1.00 e. The van der Waals surface area contributed by atoms with Gasteiger partial charge in [0.15, 0.2) is 5.11 Å². The molecule has 0 aliphatic carbocycles. The summed E-state index contributed by atoms with van der Waals surface area (Å²) in [5.41, 5.74) is 6.52. The van der Waals surface area contributed by atoms with Crippen LogP contribution in [0.5, 0.6) is 0 Å².